The lowest BCUT2D eigenvalue weighted by Crippen LogP contribution is -2.62. The molecule has 2 unspecified atom stereocenters. The monoisotopic (exact) mass is 974 g/mol. The number of hydrogen-bond donors (Lipinski definition) is 3. The van der Waals surface area contributed by atoms with Crippen LogP contribution < -0.4 is 10.7 Å². The first-order valence-corrected chi connectivity index (χ1v) is 25.2. The first-order valence-electron chi connectivity index (χ1n) is 25.2. The minimum Gasteiger partial charge on any atom is -0.508 e. The van der Waals surface area contributed by atoms with Crippen LogP contribution in [0.5, 0.6) is 5.75 Å². The number of amides is 4. The number of ether oxygens (including phenoxy) is 2. The van der Waals surface area contributed by atoms with Crippen molar-refractivity contribution in [3.05, 3.63) is 83.0 Å². The van der Waals surface area contributed by atoms with Gasteiger partial charge in [-0.1, -0.05) is 45.8 Å². The van der Waals surface area contributed by atoms with Gasteiger partial charge in [0.2, 0.25) is 11.8 Å². The number of esters is 1. The maximum atomic E-state index is 14.8. The first-order chi connectivity index (χ1) is 34.0. The molecule has 1 aromatic carbocycles. The van der Waals surface area contributed by atoms with Crippen LogP contribution in [0.3, 0.4) is 0 Å². The fourth-order valence-corrected chi connectivity index (χ4v) is 11.0. The molecule has 1 aromatic heterocycles. The maximum Gasteiger partial charge on any atom is 0.324 e. The Labute approximate surface area is 418 Å². The molecule has 8 rings (SSSR count). The normalized spacial score (nSPS) is 25.0. The predicted molar refractivity (Wildman–Crippen MR) is 267 cm³/mol. The predicted octanol–water partition coefficient (Wildman–Crippen LogP) is 4.10. The topological polar surface area (TPSA) is 180 Å². The highest BCUT2D eigenvalue weighted by Gasteiger charge is 2.43. The molecule has 71 heavy (non-hydrogen) atoms. The Balaban J connectivity index is 1.10. The molecule has 3 N–H and O–H groups in total. The van der Waals surface area contributed by atoms with E-state index in [2.05, 4.69) is 76.4 Å². The summed E-state index contributed by atoms with van der Waals surface area (Å²) < 4.78 is 11.7. The highest BCUT2D eigenvalue weighted by molar-refractivity contribution is 5.95. The van der Waals surface area contributed by atoms with E-state index in [-0.39, 0.29) is 61.8 Å². The number of hydrazine groups is 1. The van der Waals surface area contributed by atoms with Gasteiger partial charge in [0.25, 0.3) is 11.8 Å². The average Bonchev–Trinajstić information content (AvgIpc) is 4.09. The summed E-state index contributed by atoms with van der Waals surface area (Å²) in [6.07, 6.45) is 11.7. The number of carbonyl (C=O) groups excluding carboxylic acids is 5. The zero-order chi connectivity index (χ0) is 50.7. The molecule has 380 valence electrons. The number of phenolic OH excluding ortho intramolecular Hbond substituents is 1. The van der Waals surface area contributed by atoms with Crippen LogP contribution in [0.1, 0.15) is 95.5 Å². The molecule has 4 amide bonds. The van der Waals surface area contributed by atoms with Crippen molar-refractivity contribution in [2.75, 3.05) is 60.5 Å². The maximum absolute atomic E-state index is 14.8. The molecule has 6 aliphatic rings. The van der Waals surface area contributed by atoms with Crippen LogP contribution in [0, 0.1) is 29.1 Å². The number of aromatic hydroxyl groups is 1. The fraction of sp³-hybridized carbons (Fsp3) is 0.556. The van der Waals surface area contributed by atoms with Crippen molar-refractivity contribution in [1.82, 2.24) is 45.2 Å². The highest BCUT2D eigenvalue weighted by atomic mass is 16.5. The van der Waals surface area contributed by atoms with E-state index in [0.29, 0.717) is 56.5 Å². The zero-order valence-corrected chi connectivity index (χ0v) is 42.6. The second kappa shape index (κ2) is 21.6. The van der Waals surface area contributed by atoms with Crippen LogP contribution >= 0.6 is 0 Å². The summed E-state index contributed by atoms with van der Waals surface area (Å²) in [5, 5.41) is 15.8. The number of pyridine rings is 1. The molecule has 17 nitrogen and oxygen atoms in total. The minimum absolute atomic E-state index is 0.0140. The van der Waals surface area contributed by atoms with Gasteiger partial charge in [0, 0.05) is 75.8 Å². The first kappa shape index (κ1) is 51.1. The number of fused-ring (bicyclic) bond motifs is 5. The van der Waals surface area contributed by atoms with Crippen molar-refractivity contribution >= 4 is 40.9 Å². The van der Waals surface area contributed by atoms with Crippen LogP contribution in [0.2, 0.25) is 0 Å². The van der Waals surface area contributed by atoms with Crippen molar-refractivity contribution in [3.63, 3.8) is 0 Å². The molecule has 6 atom stereocenters. The Morgan fingerprint density at radius 2 is 1.89 bits per heavy atom. The van der Waals surface area contributed by atoms with Gasteiger partial charge in [0.1, 0.15) is 30.0 Å². The summed E-state index contributed by atoms with van der Waals surface area (Å²) in [6, 6.07) is 6.28. The molecule has 0 saturated carbocycles. The van der Waals surface area contributed by atoms with Gasteiger partial charge in [-0.3, -0.25) is 38.9 Å². The fourth-order valence-electron chi connectivity index (χ4n) is 11.0. The Morgan fingerprint density at radius 3 is 2.62 bits per heavy atom. The van der Waals surface area contributed by atoms with Gasteiger partial charge in [0.15, 0.2) is 0 Å². The number of allylic oxidation sites excluding steroid dienone is 3. The number of benzene rings is 1. The number of cyclic esters (lactones) is 1. The number of likely N-dealkylation sites (N-methyl/N-ethyl adjacent to an activating group) is 2. The van der Waals surface area contributed by atoms with Gasteiger partial charge in [0.05, 0.1) is 36.6 Å². The van der Waals surface area contributed by atoms with Crippen molar-refractivity contribution in [2.24, 2.45) is 17.3 Å². The largest absolute Gasteiger partial charge is 0.508 e. The van der Waals surface area contributed by atoms with E-state index in [1.165, 1.54) is 9.91 Å². The van der Waals surface area contributed by atoms with Crippen molar-refractivity contribution < 1.29 is 38.6 Å². The molecular weight excluding hydrogens is 903 g/mol. The zero-order valence-electron chi connectivity index (χ0n) is 42.6. The van der Waals surface area contributed by atoms with Crippen LogP contribution in [0.15, 0.2) is 60.6 Å². The number of nitrogens with one attached hydrogen (secondary N) is 2. The molecule has 3 fully saturated rings. The van der Waals surface area contributed by atoms with Crippen molar-refractivity contribution in [2.45, 2.75) is 117 Å². The molecule has 6 aliphatic heterocycles. The number of likely N-dealkylation sites (tertiary alicyclic amines) is 2. The number of hydrogen-bond acceptors (Lipinski definition) is 13. The van der Waals surface area contributed by atoms with Gasteiger partial charge in [-0.15, -0.1) is 0 Å². The molecule has 0 radical (unpaired) electrons. The van der Waals surface area contributed by atoms with E-state index in [9.17, 15) is 29.1 Å². The van der Waals surface area contributed by atoms with Crippen LogP contribution in [0.4, 0.5) is 0 Å². The SMILES string of the molecule is CCN1C(c2cccnc2COC)=C2CC(C)(C)COC(=O)[C@@H]3CCCN(N3)C(=O)[C@@H](NC(=O)C(C(C)C)N(C)C(=O)[C@H]3CCN(C(=O)C#C[C@H]4CCCN4C)C3)Cc3cc(O)cc(c3)C3=CN2C1C=C3. The lowest BCUT2D eigenvalue weighted by Gasteiger charge is -2.37. The lowest BCUT2D eigenvalue weighted by atomic mass is 9.87. The summed E-state index contributed by atoms with van der Waals surface area (Å²) in [4.78, 5) is 85.3. The number of phenols is 1. The Hall–Kier alpha value is -6.22. The Bertz CT molecular complexity index is 2540. The van der Waals surface area contributed by atoms with Gasteiger partial charge in [-0.2, -0.15) is 0 Å². The third-order valence-corrected chi connectivity index (χ3v) is 14.7. The second-order valence-corrected chi connectivity index (χ2v) is 21.0. The molecule has 7 heterocycles. The molecule has 3 saturated heterocycles. The number of methoxy groups -OCH3 is 1. The van der Waals surface area contributed by atoms with E-state index in [1.807, 2.05) is 39.1 Å². The van der Waals surface area contributed by atoms with Crippen LogP contribution in [-0.4, -0.2) is 160 Å². The number of nitrogens with zero attached hydrogens (tertiary/aromatic N) is 7. The highest BCUT2D eigenvalue weighted by Crippen LogP contribution is 2.45. The van der Waals surface area contributed by atoms with Gasteiger partial charge < -0.3 is 39.5 Å². The standard InChI is InChI=1S/C54H71N9O8/c1-9-61-46-18-16-36-31-62(46)45(49(61)41-14-10-21-55-44(41)32-70-8)29-54(4,5)33-71-53(69)42-15-12-23-63(57-42)52(68)43(27-35-25-38(36)28-40(64)26-35)56-50(66)48(34(2)3)59(7)51(67)37-20-24-60(30-37)47(65)19-17-39-13-11-22-58(39)6/h10,14,16,18,21,25-26,28,31,34,37,39,42-43,46,48,57,64H,9,11-13,15,20,22-24,27,29-30,32-33H2,1-8H3,(H,56,66)/t37-,39+,42-,43-,46?,48?/m0/s1. The Morgan fingerprint density at radius 1 is 1.10 bits per heavy atom. The smallest absolute Gasteiger partial charge is 0.324 e. The summed E-state index contributed by atoms with van der Waals surface area (Å²) in [7, 11) is 5.25. The number of aromatic nitrogens is 1. The summed E-state index contributed by atoms with van der Waals surface area (Å²) in [6.45, 7) is 12.9. The molecule has 6 bridgehead atoms. The van der Waals surface area contributed by atoms with E-state index in [1.54, 1.807) is 37.4 Å². The minimum atomic E-state index is -1.17. The van der Waals surface area contributed by atoms with Gasteiger partial charge >= 0.3 is 5.97 Å². The summed E-state index contributed by atoms with van der Waals surface area (Å²) >= 11 is 0. The molecule has 0 spiro atoms. The second-order valence-electron chi connectivity index (χ2n) is 21.0. The summed E-state index contributed by atoms with van der Waals surface area (Å²) in [5.74, 6) is 2.94. The third-order valence-electron chi connectivity index (χ3n) is 14.7. The molecular formula is C54H71N9O8. The van der Waals surface area contributed by atoms with E-state index < -0.39 is 47.2 Å². The number of carbonyl (C=O) groups is 5. The molecule has 0 aliphatic carbocycles. The Kier molecular flexibility index (Phi) is 15.6. The van der Waals surface area contributed by atoms with E-state index >= 15 is 0 Å². The van der Waals surface area contributed by atoms with Crippen LogP contribution in [-0.2, 0) is 46.5 Å². The van der Waals surface area contributed by atoms with Crippen molar-refractivity contribution in [1.29, 1.82) is 0 Å². The van der Waals surface area contributed by atoms with Gasteiger partial charge in [-0.05, 0) is 118 Å². The van der Waals surface area contributed by atoms with E-state index in [0.717, 1.165) is 47.6 Å². The third kappa shape index (κ3) is 11.1. The molecule has 17 heteroatoms. The number of rotatable bonds is 9. The quantitative estimate of drug-likeness (QED) is 0.242. The molecule has 2 aromatic rings. The lowest BCUT2D eigenvalue weighted by molar-refractivity contribution is -0.155. The van der Waals surface area contributed by atoms with Gasteiger partial charge in [-0.25, -0.2) is 5.43 Å². The summed E-state index contributed by atoms with van der Waals surface area (Å²) in [5.41, 5.74) is 8.46. The van der Waals surface area contributed by atoms with E-state index in [4.69, 9.17) is 14.5 Å². The van der Waals surface area contributed by atoms with Crippen LogP contribution in [0.25, 0.3) is 11.3 Å². The average molecular weight is 974 g/mol. The van der Waals surface area contributed by atoms with Crippen molar-refractivity contribution in [3.8, 4) is 17.6 Å².